The molecule has 0 radical (unpaired) electrons. The summed E-state index contributed by atoms with van der Waals surface area (Å²) in [4.78, 5) is 38.2. The van der Waals surface area contributed by atoms with E-state index < -0.39 is 147 Å². The van der Waals surface area contributed by atoms with E-state index in [1.807, 2.05) is 37.3 Å². The standard InChI is InChI=1S/C48H76N4O16/c1-29-16-14-12-10-8-6-4-5-7-9-11-13-15-17-35(67-46-45(62)42(50)39(59)28-65-46)25-40-43(52-47(63)51-21-20-49)38(58)27-48(64,68-40)26-37(57)36(56)19-18-32(53)22-33(54)23-34(55)24-41(60)66-31(3)30(2)44(29)61/h4-17,29-32,34-40,42-46,53,55-59,61-62,64H,18-28,49-50H2,1-3H3,(H2,51,52,63)/b5-4+,8-6+,9-7+,12-10+,13-11+,16-14+,17-15+/t29?,30?,31?,32?,34?,35?,36?,37?,38?,39-,40?,42+,43?,44?,45+,46?,48?/m1/s1. The number of esters is 1. The Hall–Kier alpha value is -3.97. The molecule has 68 heavy (non-hydrogen) atoms. The van der Waals surface area contributed by atoms with Crippen molar-refractivity contribution in [3.8, 4) is 0 Å². The molecule has 0 aromatic carbocycles. The number of carbonyl (C=O) groups is 3. The number of carbonyl (C=O) groups excluding carboxylic acids is 3. The molecule has 0 aliphatic carbocycles. The molecule has 20 nitrogen and oxygen atoms in total. The first kappa shape index (κ1) is 58.3. The first-order chi connectivity index (χ1) is 32.2. The first-order valence-electron chi connectivity index (χ1n) is 23.2. The fourth-order valence-corrected chi connectivity index (χ4v) is 7.82. The number of fused-ring (bicyclic) bond motifs is 2. The summed E-state index contributed by atoms with van der Waals surface area (Å²) in [5.74, 6) is -4.41. The number of nitrogens with two attached hydrogens (primary N) is 2. The van der Waals surface area contributed by atoms with Gasteiger partial charge in [-0.1, -0.05) is 98.9 Å². The molecule has 2 saturated heterocycles. The minimum Gasteiger partial charge on any atom is -0.462 e. The molecule has 2 fully saturated rings. The van der Waals surface area contributed by atoms with Crippen LogP contribution in [0.4, 0.5) is 4.79 Å². The van der Waals surface area contributed by atoms with E-state index >= 15 is 0 Å². The maximum absolute atomic E-state index is 12.9. The van der Waals surface area contributed by atoms with Crippen molar-refractivity contribution < 1.29 is 79.3 Å². The van der Waals surface area contributed by atoms with E-state index in [1.165, 1.54) is 0 Å². The van der Waals surface area contributed by atoms with Crippen molar-refractivity contribution in [1.82, 2.24) is 10.6 Å². The second-order valence-corrected chi connectivity index (χ2v) is 17.8. The van der Waals surface area contributed by atoms with Crippen LogP contribution < -0.4 is 22.1 Å². The van der Waals surface area contributed by atoms with Gasteiger partial charge in [0.25, 0.3) is 0 Å². The highest BCUT2D eigenvalue weighted by atomic mass is 16.7. The highest BCUT2D eigenvalue weighted by Crippen LogP contribution is 2.35. The third-order valence-corrected chi connectivity index (χ3v) is 12.0. The number of cyclic esters (lactones) is 1. The third-order valence-electron chi connectivity index (χ3n) is 12.0. The van der Waals surface area contributed by atoms with Gasteiger partial charge in [0.1, 0.15) is 18.0 Å². The lowest BCUT2D eigenvalue weighted by Gasteiger charge is -2.46. The molecule has 3 rings (SSSR count). The van der Waals surface area contributed by atoms with E-state index in [0.29, 0.717) is 0 Å². The van der Waals surface area contributed by atoms with E-state index in [1.54, 1.807) is 68.5 Å². The maximum Gasteiger partial charge on any atom is 0.315 e. The average Bonchev–Trinajstić information content (AvgIpc) is 3.27. The highest BCUT2D eigenvalue weighted by molar-refractivity contribution is 5.80. The summed E-state index contributed by atoms with van der Waals surface area (Å²) >= 11 is 0. The van der Waals surface area contributed by atoms with Crippen LogP contribution in [0.15, 0.2) is 85.1 Å². The van der Waals surface area contributed by atoms with Crippen molar-refractivity contribution in [2.24, 2.45) is 23.3 Å². The molecule has 0 saturated carbocycles. The second kappa shape index (κ2) is 29.9. The van der Waals surface area contributed by atoms with Crippen LogP contribution >= 0.6 is 0 Å². The number of hydrogen-bond donors (Lipinski definition) is 13. The Kier molecular flexibility index (Phi) is 25.7. The van der Waals surface area contributed by atoms with E-state index in [4.69, 9.17) is 30.4 Å². The Balaban J connectivity index is 1.90. The van der Waals surface area contributed by atoms with Crippen LogP contribution in [0.1, 0.15) is 72.1 Å². The zero-order chi connectivity index (χ0) is 50.4. The monoisotopic (exact) mass is 965 g/mol. The lowest BCUT2D eigenvalue weighted by molar-refractivity contribution is -0.300. The molecule has 3 aliphatic heterocycles. The molecule has 20 heteroatoms. The van der Waals surface area contributed by atoms with Gasteiger partial charge < -0.3 is 87.0 Å². The number of urea groups is 1. The Morgan fingerprint density at radius 1 is 0.750 bits per heavy atom. The van der Waals surface area contributed by atoms with Crippen LogP contribution in [0.25, 0.3) is 0 Å². The van der Waals surface area contributed by atoms with Crippen molar-refractivity contribution in [2.75, 3.05) is 19.7 Å². The molecule has 3 heterocycles. The van der Waals surface area contributed by atoms with Gasteiger partial charge in [-0.25, -0.2) is 4.79 Å². The maximum atomic E-state index is 12.9. The highest BCUT2D eigenvalue weighted by Gasteiger charge is 2.49. The Labute approximate surface area is 398 Å². The molecule has 0 spiro atoms. The number of ketones is 1. The summed E-state index contributed by atoms with van der Waals surface area (Å²) in [5.41, 5.74) is 11.5. The van der Waals surface area contributed by atoms with E-state index in [2.05, 4.69) is 10.6 Å². The van der Waals surface area contributed by atoms with Crippen molar-refractivity contribution in [2.45, 2.75) is 163 Å². The molecule has 2 bridgehead atoms. The summed E-state index contributed by atoms with van der Waals surface area (Å²) in [7, 11) is 0. The Morgan fingerprint density at radius 3 is 1.94 bits per heavy atom. The summed E-state index contributed by atoms with van der Waals surface area (Å²) in [5, 5.41) is 103. The van der Waals surface area contributed by atoms with E-state index in [-0.39, 0.29) is 44.9 Å². The van der Waals surface area contributed by atoms with Gasteiger partial charge in [0.05, 0.1) is 80.0 Å². The van der Waals surface area contributed by atoms with Crippen molar-refractivity contribution in [3.63, 3.8) is 0 Å². The number of hydrogen-bond acceptors (Lipinski definition) is 18. The molecular formula is C48H76N4O16. The Bertz CT molecular complexity index is 1760. The minimum atomic E-state index is -2.30. The zero-order valence-corrected chi connectivity index (χ0v) is 39.1. The van der Waals surface area contributed by atoms with Crippen LogP contribution in [0.5, 0.6) is 0 Å². The van der Waals surface area contributed by atoms with Gasteiger partial charge >= 0.3 is 12.0 Å². The molecule has 384 valence electrons. The molecule has 0 aromatic heterocycles. The third kappa shape index (κ3) is 20.6. The van der Waals surface area contributed by atoms with Gasteiger partial charge in [0.15, 0.2) is 12.1 Å². The number of nitrogens with one attached hydrogen (secondary N) is 2. The molecular weight excluding hydrogens is 889 g/mol. The van der Waals surface area contributed by atoms with Crippen LogP contribution in [-0.2, 0) is 28.5 Å². The summed E-state index contributed by atoms with van der Waals surface area (Å²) in [6.07, 6.45) is 6.07. The normalized spacial score (nSPS) is 41.7. The lowest BCUT2D eigenvalue weighted by atomic mass is 9.86. The fraction of sp³-hybridized carbons (Fsp3) is 0.646. The molecule has 0 aromatic rings. The SMILES string of the molecule is CC1/C=C/C=C/C=C/C=C/C=C/C=C/C=C/C(OC2OC[C@@H](O)[C@H](N)[C@@H]2O)CC2OC(O)(CC(O)C(O)CCC(O)CC(=O)CC(O)CC(=O)OC(C)C(C)C1O)CC(O)C2NC(=O)NCCN. The molecule has 15 N–H and O–H groups in total. The van der Waals surface area contributed by atoms with Gasteiger partial charge in [-0.3, -0.25) is 9.59 Å². The van der Waals surface area contributed by atoms with Gasteiger partial charge in [0.2, 0.25) is 0 Å². The predicted octanol–water partition coefficient (Wildman–Crippen LogP) is -0.543. The lowest BCUT2D eigenvalue weighted by Crippen LogP contribution is -2.63. The van der Waals surface area contributed by atoms with Crippen LogP contribution in [-0.4, -0.2) is 175 Å². The number of amides is 2. The summed E-state index contributed by atoms with van der Waals surface area (Å²) < 4.78 is 23.3. The summed E-state index contributed by atoms with van der Waals surface area (Å²) in [6, 6.07) is -3.01. The molecule has 3 aliphatic rings. The van der Waals surface area contributed by atoms with Crippen LogP contribution in [0.3, 0.4) is 0 Å². The molecule has 2 amide bonds. The summed E-state index contributed by atoms with van der Waals surface area (Å²) in [6.45, 7) is 5.15. The topological polar surface area (TPSA) is 346 Å². The van der Waals surface area contributed by atoms with Crippen molar-refractivity contribution in [1.29, 1.82) is 0 Å². The fourth-order valence-electron chi connectivity index (χ4n) is 7.82. The number of allylic oxidation sites excluding steroid dienone is 12. The van der Waals surface area contributed by atoms with E-state index in [0.717, 1.165) is 0 Å². The van der Waals surface area contributed by atoms with Crippen LogP contribution in [0, 0.1) is 11.8 Å². The number of aliphatic hydroxyl groups excluding tert-OH is 8. The van der Waals surface area contributed by atoms with E-state index in [9.17, 15) is 60.3 Å². The average molecular weight is 965 g/mol. The van der Waals surface area contributed by atoms with Gasteiger partial charge in [-0.05, 0) is 19.8 Å². The number of rotatable bonds is 5. The van der Waals surface area contributed by atoms with Gasteiger partial charge in [-0.15, -0.1) is 0 Å². The molecule has 17 atom stereocenters. The largest absolute Gasteiger partial charge is 0.462 e. The number of Topliss-reactive ketones (excluding diaryl/α,β-unsaturated/α-hetero) is 1. The van der Waals surface area contributed by atoms with Crippen LogP contribution in [0.2, 0.25) is 0 Å². The predicted molar refractivity (Wildman–Crippen MR) is 250 cm³/mol. The van der Waals surface area contributed by atoms with Crippen molar-refractivity contribution in [3.05, 3.63) is 85.1 Å². The smallest absolute Gasteiger partial charge is 0.315 e. The minimum absolute atomic E-state index is 0.0979. The van der Waals surface area contributed by atoms with Crippen molar-refractivity contribution >= 4 is 17.8 Å². The number of aliphatic hydroxyl groups is 9. The second-order valence-electron chi connectivity index (χ2n) is 17.8. The first-order valence-corrected chi connectivity index (χ1v) is 23.2. The van der Waals surface area contributed by atoms with Gasteiger partial charge in [-0.2, -0.15) is 0 Å². The molecule has 14 unspecified atom stereocenters. The zero-order valence-electron chi connectivity index (χ0n) is 39.1. The quantitative estimate of drug-likeness (QED) is 0.154. The number of ether oxygens (including phenoxy) is 4. The van der Waals surface area contributed by atoms with Gasteiger partial charge in [0, 0.05) is 57.0 Å². The Morgan fingerprint density at radius 2 is 1.32 bits per heavy atom.